The normalized spacial score (nSPS) is 13.4. The molecule has 7 heteroatoms. The van der Waals surface area contributed by atoms with Crippen molar-refractivity contribution in [1.29, 1.82) is 0 Å². The molecular weight excluding hydrogens is 326 g/mol. The highest BCUT2D eigenvalue weighted by atomic mass is 32.1. The van der Waals surface area contributed by atoms with Crippen LogP contribution in [0, 0.1) is 6.92 Å². The molecule has 1 heterocycles. The number of thiazole rings is 1. The number of benzene rings is 1. The van der Waals surface area contributed by atoms with E-state index in [1.54, 1.807) is 5.38 Å². The van der Waals surface area contributed by atoms with Gasteiger partial charge in [-0.1, -0.05) is 17.7 Å². The number of carbonyl (C=O) groups is 2. The summed E-state index contributed by atoms with van der Waals surface area (Å²) in [5.41, 5.74) is 1.48. The molecule has 2 N–H and O–H groups in total. The van der Waals surface area contributed by atoms with Gasteiger partial charge >= 0.3 is 0 Å². The van der Waals surface area contributed by atoms with Gasteiger partial charge in [-0.05, 0) is 31.9 Å². The Labute approximate surface area is 144 Å². The van der Waals surface area contributed by atoms with Crippen LogP contribution in [0.3, 0.4) is 0 Å². The molecule has 1 saturated carbocycles. The largest absolute Gasteiger partial charge is 0.486 e. The first-order valence-electron chi connectivity index (χ1n) is 7.81. The zero-order valence-electron chi connectivity index (χ0n) is 13.4. The van der Waals surface area contributed by atoms with Crippen LogP contribution in [0.1, 0.15) is 33.9 Å². The number of carbonyl (C=O) groups excluding carboxylic acids is 2. The zero-order chi connectivity index (χ0) is 16.9. The zero-order valence-corrected chi connectivity index (χ0v) is 14.2. The van der Waals surface area contributed by atoms with Crippen molar-refractivity contribution in [2.45, 2.75) is 32.4 Å². The van der Waals surface area contributed by atoms with Gasteiger partial charge in [0.2, 0.25) is 5.91 Å². The summed E-state index contributed by atoms with van der Waals surface area (Å²) in [5, 5.41) is 7.77. The minimum absolute atomic E-state index is 0.0257. The number of rotatable bonds is 7. The lowest BCUT2D eigenvalue weighted by molar-refractivity contribution is -0.120. The van der Waals surface area contributed by atoms with Gasteiger partial charge in [-0.25, -0.2) is 4.98 Å². The molecule has 0 aliphatic heterocycles. The third-order valence-corrected chi connectivity index (χ3v) is 4.34. The summed E-state index contributed by atoms with van der Waals surface area (Å²) in [6.07, 6.45) is 2.05. The Morgan fingerprint density at radius 3 is 2.75 bits per heavy atom. The van der Waals surface area contributed by atoms with Crippen LogP contribution >= 0.6 is 11.3 Å². The van der Waals surface area contributed by atoms with Crippen LogP contribution < -0.4 is 15.4 Å². The van der Waals surface area contributed by atoms with E-state index < -0.39 is 0 Å². The van der Waals surface area contributed by atoms with Crippen LogP contribution in [0.25, 0.3) is 0 Å². The molecule has 1 aliphatic carbocycles. The second-order valence-corrected chi connectivity index (χ2v) is 6.70. The Hall–Kier alpha value is -2.41. The van der Waals surface area contributed by atoms with Gasteiger partial charge in [0.05, 0.1) is 6.54 Å². The van der Waals surface area contributed by atoms with Crippen molar-refractivity contribution in [3.8, 4) is 5.75 Å². The summed E-state index contributed by atoms with van der Waals surface area (Å²) in [5.74, 6) is 0.251. The van der Waals surface area contributed by atoms with Crippen LogP contribution in [-0.2, 0) is 11.4 Å². The van der Waals surface area contributed by atoms with Crippen molar-refractivity contribution in [2.24, 2.45) is 0 Å². The maximum absolute atomic E-state index is 12.0. The fourth-order valence-electron chi connectivity index (χ4n) is 2.02. The number of aromatic nitrogens is 1. The highest BCUT2D eigenvalue weighted by Gasteiger charge is 2.23. The topological polar surface area (TPSA) is 80.3 Å². The van der Waals surface area contributed by atoms with Crippen molar-refractivity contribution >= 4 is 23.2 Å². The molecule has 1 aromatic heterocycles. The number of ether oxygens (including phenoxy) is 1. The summed E-state index contributed by atoms with van der Waals surface area (Å²) in [7, 11) is 0. The molecule has 1 aliphatic rings. The lowest BCUT2D eigenvalue weighted by Crippen LogP contribution is -2.37. The molecule has 0 atom stereocenters. The van der Waals surface area contributed by atoms with Crippen molar-refractivity contribution < 1.29 is 14.3 Å². The molecule has 0 saturated heterocycles. The van der Waals surface area contributed by atoms with E-state index in [1.807, 2.05) is 31.2 Å². The summed E-state index contributed by atoms with van der Waals surface area (Å²) >= 11 is 1.36. The summed E-state index contributed by atoms with van der Waals surface area (Å²) in [6.45, 7) is 2.30. The van der Waals surface area contributed by atoms with Gasteiger partial charge in [-0.3, -0.25) is 9.59 Å². The monoisotopic (exact) mass is 345 g/mol. The Balaban J connectivity index is 1.46. The van der Waals surface area contributed by atoms with Gasteiger partial charge in [0, 0.05) is 11.4 Å². The first kappa shape index (κ1) is 16.4. The Bertz CT molecular complexity index is 723. The minimum atomic E-state index is -0.348. The first-order chi connectivity index (χ1) is 11.6. The maximum Gasteiger partial charge on any atom is 0.271 e. The van der Waals surface area contributed by atoms with Crippen molar-refractivity contribution in [2.75, 3.05) is 6.54 Å². The predicted molar refractivity (Wildman–Crippen MR) is 91.1 cm³/mol. The smallest absolute Gasteiger partial charge is 0.271 e. The molecule has 126 valence electrons. The fraction of sp³-hybridized carbons (Fsp3) is 0.353. The van der Waals surface area contributed by atoms with E-state index in [9.17, 15) is 9.59 Å². The van der Waals surface area contributed by atoms with Gasteiger partial charge in [-0.2, -0.15) is 0 Å². The van der Waals surface area contributed by atoms with E-state index in [1.165, 1.54) is 16.9 Å². The average molecular weight is 345 g/mol. The van der Waals surface area contributed by atoms with Crippen molar-refractivity contribution in [3.63, 3.8) is 0 Å². The van der Waals surface area contributed by atoms with Crippen LogP contribution in [-0.4, -0.2) is 29.4 Å². The predicted octanol–water partition coefficient (Wildman–Crippen LogP) is 2.04. The SMILES string of the molecule is Cc1ccc(OCc2nc(C(=O)NCC(=O)NC3CC3)cs2)cc1. The van der Waals surface area contributed by atoms with E-state index >= 15 is 0 Å². The average Bonchev–Trinajstić information content (AvgIpc) is 3.25. The van der Waals surface area contributed by atoms with E-state index in [0.717, 1.165) is 18.6 Å². The third-order valence-electron chi connectivity index (χ3n) is 3.52. The Kier molecular flexibility index (Phi) is 5.10. The molecule has 0 radical (unpaired) electrons. The number of hydrogen-bond donors (Lipinski definition) is 2. The molecular formula is C17H19N3O3S. The molecule has 2 aromatic rings. The summed E-state index contributed by atoms with van der Waals surface area (Å²) < 4.78 is 5.64. The van der Waals surface area contributed by atoms with E-state index in [-0.39, 0.29) is 18.4 Å². The number of aryl methyl sites for hydroxylation is 1. The van der Waals surface area contributed by atoms with Gasteiger partial charge in [0.15, 0.2) is 0 Å². The molecule has 6 nitrogen and oxygen atoms in total. The Morgan fingerprint density at radius 2 is 2.04 bits per heavy atom. The first-order valence-corrected chi connectivity index (χ1v) is 8.69. The van der Waals surface area contributed by atoms with Crippen LogP contribution in [0.5, 0.6) is 5.75 Å². The number of nitrogens with one attached hydrogen (secondary N) is 2. The third kappa shape index (κ3) is 4.79. The second kappa shape index (κ2) is 7.44. The quantitative estimate of drug-likeness (QED) is 0.805. The van der Waals surface area contributed by atoms with Crippen molar-refractivity contribution in [1.82, 2.24) is 15.6 Å². The molecule has 1 aromatic carbocycles. The number of amides is 2. The number of hydrogen-bond acceptors (Lipinski definition) is 5. The molecule has 0 spiro atoms. The highest BCUT2D eigenvalue weighted by molar-refractivity contribution is 7.09. The standard InChI is InChI=1S/C17H19N3O3S/c1-11-2-6-13(7-3-11)23-9-16-20-14(10-24-16)17(22)18-8-15(21)19-12-4-5-12/h2-3,6-7,10,12H,4-5,8-9H2,1H3,(H,18,22)(H,19,21). The summed E-state index contributed by atoms with van der Waals surface area (Å²) in [6, 6.07) is 8.04. The summed E-state index contributed by atoms with van der Waals surface area (Å²) in [4.78, 5) is 27.8. The van der Waals surface area contributed by atoms with Gasteiger partial charge in [0.1, 0.15) is 23.1 Å². The number of nitrogens with zero attached hydrogens (tertiary/aromatic N) is 1. The maximum atomic E-state index is 12.0. The lowest BCUT2D eigenvalue weighted by Gasteiger charge is -2.04. The molecule has 1 fully saturated rings. The van der Waals surface area contributed by atoms with E-state index in [0.29, 0.717) is 23.4 Å². The van der Waals surface area contributed by atoms with Gasteiger partial charge in [-0.15, -0.1) is 11.3 Å². The molecule has 2 amide bonds. The van der Waals surface area contributed by atoms with Crippen LogP contribution in [0.4, 0.5) is 0 Å². The van der Waals surface area contributed by atoms with Gasteiger partial charge in [0.25, 0.3) is 5.91 Å². The van der Waals surface area contributed by atoms with Crippen LogP contribution in [0.2, 0.25) is 0 Å². The van der Waals surface area contributed by atoms with E-state index in [2.05, 4.69) is 15.6 Å². The van der Waals surface area contributed by atoms with Crippen LogP contribution in [0.15, 0.2) is 29.6 Å². The van der Waals surface area contributed by atoms with Gasteiger partial charge < -0.3 is 15.4 Å². The Morgan fingerprint density at radius 1 is 1.29 bits per heavy atom. The van der Waals surface area contributed by atoms with E-state index in [4.69, 9.17) is 4.74 Å². The molecule has 0 unspecified atom stereocenters. The minimum Gasteiger partial charge on any atom is -0.486 e. The highest BCUT2D eigenvalue weighted by Crippen LogP contribution is 2.18. The van der Waals surface area contributed by atoms with Crippen molar-refractivity contribution in [3.05, 3.63) is 45.9 Å². The molecule has 0 bridgehead atoms. The molecule has 24 heavy (non-hydrogen) atoms. The second-order valence-electron chi connectivity index (χ2n) is 5.75. The molecule has 3 rings (SSSR count). The lowest BCUT2D eigenvalue weighted by atomic mass is 10.2. The fourth-order valence-corrected chi connectivity index (χ4v) is 2.70.